The van der Waals surface area contributed by atoms with Crippen molar-refractivity contribution in [2.24, 2.45) is 0 Å². The van der Waals surface area contributed by atoms with Crippen LogP contribution in [0.15, 0.2) is 12.1 Å². The fourth-order valence-electron chi connectivity index (χ4n) is 3.53. The number of nitrogens with one attached hydrogen (secondary N) is 1. The van der Waals surface area contributed by atoms with Gasteiger partial charge in [0.25, 0.3) is 0 Å². The zero-order chi connectivity index (χ0) is 21.9. The molecule has 0 fully saturated rings. The van der Waals surface area contributed by atoms with Crippen LogP contribution in [0.3, 0.4) is 0 Å². The van der Waals surface area contributed by atoms with Crippen molar-refractivity contribution >= 4 is 23.7 Å². The molecule has 0 spiro atoms. The molecule has 0 saturated heterocycles. The van der Waals surface area contributed by atoms with E-state index in [1.54, 1.807) is 11.8 Å². The number of aryl methyl sites for hydroxylation is 1. The second kappa shape index (κ2) is 8.84. The summed E-state index contributed by atoms with van der Waals surface area (Å²) >= 11 is 0. The molecule has 1 heterocycles. The molecular formula is C22H32N2O5. The lowest BCUT2D eigenvalue weighted by molar-refractivity contribution is -0.145. The molecule has 7 heteroatoms. The van der Waals surface area contributed by atoms with Gasteiger partial charge >= 0.3 is 12.1 Å². The summed E-state index contributed by atoms with van der Waals surface area (Å²) in [5.74, 6) is -0.962. The maximum Gasteiger partial charge on any atom is 0.414 e. The molecule has 0 saturated carbocycles. The maximum atomic E-state index is 12.5. The highest BCUT2D eigenvalue weighted by molar-refractivity contribution is 5.91. The highest BCUT2D eigenvalue weighted by atomic mass is 16.6. The number of carbonyl (C=O) groups excluding carboxylic acids is 3. The zero-order valence-corrected chi connectivity index (χ0v) is 18.4. The Morgan fingerprint density at radius 2 is 1.90 bits per heavy atom. The second-order valence-electron chi connectivity index (χ2n) is 8.43. The van der Waals surface area contributed by atoms with Gasteiger partial charge in [0.1, 0.15) is 11.6 Å². The monoisotopic (exact) mass is 404 g/mol. The van der Waals surface area contributed by atoms with Crippen molar-refractivity contribution in [3.8, 4) is 0 Å². The summed E-state index contributed by atoms with van der Waals surface area (Å²) in [6.07, 6.45) is 0.631. The van der Waals surface area contributed by atoms with E-state index in [1.807, 2.05) is 46.8 Å². The number of anilines is 1. The number of esters is 1. The van der Waals surface area contributed by atoms with Gasteiger partial charge in [0.2, 0.25) is 5.91 Å². The summed E-state index contributed by atoms with van der Waals surface area (Å²) in [6.45, 7) is 11.6. The van der Waals surface area contributed by atoms with Crippen LogP contribution in [0.2, 0.25) is 0 Å². The van der Waals surface area contributed by atoms with E-state index in [-0.39, 0.29) is 24.3 Å². The Labute approximate surface area is 172 Å². The van der Waals surface area contributed by atoms with E-state index in [0.717, 1.165) is 22.4 Å². The molecule has 2 amide bonds. The number of hydrogen-bond acceptors (Lipinski definition) is 5. The number of methoxy groups -OCH3 is 1. The molecule has 2 rings (SSSR count). The van der Waals surface area contributed by atoms with Gasteiger partial charge in [-0.3, -0.25) is 9.69 Å². The molecule has 1 aliphatic rings. The molecule has 2 atom stereocenters. The molecule has 2 unspecified atom stereocenters. The summed E-state index contributed by atoms with van der Waals surface area (Å²) in [5, 5.41) is 2.77. The number of rotatable bonds is 5. The smallest absolute Gasteiger partial charge is 0.414 e. The van der Waals surface area contributed by atoms with E-state index in [9.17, 15) is 14.4 Å². The number of carbonyl (C=O) groups is 3. The lowest BCUT2D eigenvalue weighted by atomic mass is 9.88. The van der Waals surface area contributed by atoms with E-state index < -0.39 is 17.6 Å². The minimum absolute atomic E-state index is 0.206. The molecule has 0 bridgehead atoms. The molecule has 7 nitrogen and oxygen atoms in total. The van der Waals surface area contributed by atoms with Crippen LogP contribution in [0.4, 0.5) is 10.5 Å². The van der Waals surface area contributed by atoms with Crippen LogP contribution < -0.4 is 10.2 Å². The number of hydrogen-bond donors (Lipinski definition) is 1. The highest BCUT2D eigenvalue weighted by Gasteiger charge is 2.33. The first-order valence-electron chi connectivity index (χ1n) is 9.99. The van der Waals surface area contributed by atoms with Crippen LogP contribution in [-0.4, -0.2) is 43.3 Å². The van der Waals surface area contributed by atoms with Gasteiger partial charge in [0, 0.05) is 18.9 Å². The van der Waals surface area contributed by atoms with Crippen molar-refractivity contribution in [1.82, 2.24) is 5.32 Å². The number of fused-ring (bicyclic) bond motifs is 1. The number of ether oxygens (including phenoxy) is 2. The summed E-state index contributed by atoms with van der Waals surface area (Å²) in [7, 11) is 1.31. The van der Waals surface area contributed by atoms with Crippen LogP contribution in [0.25, 0.3) is 0 Å². The molecule has 1 N–H and O–H groups in total. The van der Waals surface area contributed by atoms with Gasteiger partial charge in [0.05, 0.1) is 12.8 Å². The first kappa shape index (κ1) is 22.7. The molecular weight excluding hydrogens is 372 g/mol. The predicted octanol–water partition coefficient (Wildman–Crippen LogP) is 3.46. The standard InChI is InChI=1S/C22H32N2O5/c1-8-18(25)23-19(20(26)28-7)14(3)16-12-15-9-10-24(17(15)11-13(16)2)21(27)29-22(4,5)6/h11-12,14,19H,8-10H2,1-7H3,(H,23,25). The topological polar surface area (TPSA) is 84.9 Å². The average Bonchev–Trinajstić information content (AvgIpc) is 3.05. The molecule has 0 aromatic heterocycles. The number of benzene rings is 1. The maximum absolute atomic E-state index is 12.5. The zero-order valence-electron chi connectivity index (χ0n) is 18.4. The van der Waals surface area contributed by atoms with E-state index >= 15 is 0 Å². The third kappa shape index (κ3) is 5.28. The summed E-state index contributed by atoms with van der Waals surface area (Å²) in [6, 6.07) is 3.20. The molecule has 0 radical (unpaired) electrons. The Kier molecular flexibility index (Phi) is 6.93. The Bertz CT molecular complexity index is 797. The lowest BCUT2D eigenvalue weighted by Gasteiger charge is -2.27. The van der Waals surface area contributed by atoms with Crippen molar-refractivity contribution in [1.29, 1.82) is 0 Å². The quantitative estimate of drug-likeness (QED) is 0.760. The van der Waals surface area contributed by atoms with Crippen molar-refractivity contribution in [2.45, 2.75) is 71.9 Å². The predicted molar refractivity (Wildman–Crippen MR) is 111 cm³/mol. The molecule has 1 aromatic rings. The van der Waals surface area contributed by atoms with Crippen LogP contribution in [0, 0.1) is 6.92 Å². The minimum Gasteiger partial charge on any atom is -0.467 e. The Morgan fingerprint density at radius 3 is 2.45 bits per heavy atom. The molecule has 160 valence electrons. The fourth-order valence-corrected chi connectivity index (χ4v) is 3.53. The van der Waals surface area contributed by atoms with Gasteiger partial charge in [-0.1, -0.05) is 19.9 Å². The van der Waals surface area contributed by atoms with Crippen LogP contribution in [0.1, 0.15) is 63.6 Å². The fraction of sp³-hybridized carbons (Fsp3) is 0.591. The normalized spacial score (nSPS) is 15.3. The van der Waals surface area contributed by atoms with Crippen LogP contribution in [0.5, 0.6) is 0 Å². The Hall–Kier alpha value is -2.57. The Morgan fingerprint density at radius 1 is 1.24 bits per heavy atom. The summed E-state index contributed by atoms with van der Waals surface area (Å²) < 4.78 is 10.4. The van der Waals surface area contributed by atoms with Crippen molar-refractivity contribution in [3.63, 3.8) is 0 Å². The highest BCUT2D eigenvalue weighted by Crippen LogP contribution is 2.35. The van der Waals surface area contributed by atoms with Crippen molar-refractivity contribution in [3.05, 3.63) is 28.8 Å². The van der Waals surface area contributed by atoms with Gasteiger partial charge in [-0.05, 0) is 56.9 Å². The molecule has 1 aliphatic heterocycles. The van der Waals surface area contributed by atoms with Gasteiger partial charge in [-0.25, -0.2) is 9.59 Å². The second-order valence-corrected chi connectivity index (χ2v) is 8.43. The van der Waals surface area contributed by atoms with E-state index in [2.05, 4.69) is 5.32 Å². The first-order chi connectivity index (χ1) is 13.5. The van der Waals surface area contributed by atoms with Gasteiger partial charge < -0.3 is 14.8 Å². The van der Waals surface area contributed by atoms with Gasteiger partial charge in [-0.15, -0.1) is 0 Å². The molecule has 1 aromatic carbocycles. The third-order valence-corrected chi connectivity index (χ3v) is 5.06. The first-order valence-corrected chi connectivity index (χ1v) is 9.99. The van der Waals surface area contributed by atoms with Gasteiger partial charge in [0.15, 0.2) is 0 Å². The summed E-state index contributed by atoms with van der Waals surface area (Å²) in [5.41, 5.74) is 3.18. The number of nitrogens with zero attached hydrogens (tertiary/aromatic N) is 1. The summed E-state index contributed by atoms with van der Waals surface area (Å²) in [4.78, 5) is 38.4. The van der Waals surface area contributed by atoms with E-state index in [0.29, 0.717) is 13.0 Å². The van der Waals surface area contributed by atoms with Crippen LogP contribution in [-0.2, 0) is 25.5 Å². The lowest BCUT2D eigenvalue weighted by Crippen LogP contribution is -2.44. The number of amides is 2. The van der Waals surface area contributed by atoms with E-state index in [1.165, 1.54) is 7.11 Å². The molecule has 0 aliphatic carbocycles. The largest absolute Gasteiger partial charge is 0.467 e. The van der Waals surface area contributed by atoms with E-state index in [4.69, 9.17) is 9.47 Å². The SMILES string of the molecule is CCC(=O)NC(C(=O)OC)C(C)c1cc2c(cc1C)N(C(=O)OC(C)(C)C)CC2. The van der Waals surface area contributed by atoms with Crippen LogP contribution >= 0.6 is 0 Å². The Balaban J connectivity index is 2.33. The van der Waals surface area contributed by atoms with Crippen molar-refractivity contribution in [2.75, 3.05) is 18.6 Å². The van der Waals surface area contributed by atoms with Crippen molar-refractivity contribution < 1.29 is 23.9 Å². The average molecular weight is 405 g/mol. The van der Waals surface area contributed by atoms with Gasteiger partial charge in [-0.2, -0.15) is 0 Å². The minimum atomic E-state index is -0.771. The molecule has 29 heavy (non-hydrogen) atoms. The third-order valence-electron chi connectivity index (χ3n) is 5.06.